The van der Waals surface area contributed by atoms with Crippen LogP contribution in [0, 0.1) is 0 Å². The number of hydrogen-bond acceptors (Lipinski definition) is 2. The summed E-state index contributed by atoms with van der Waals surface area (Å²) in [6, 6.07) is 15.6. The summed E-state index contributed by atoms with van der Waals surface area (Å²) in [4.78, 5) is 31.1. The smallest absolute Gasteiger partial charge is 0.255 e. The van der Waals surface area contributed by atoms with Gasteiger partial charge < -0.3 is 15.2 Å². The molecular weight excluding hydrogens is 386 g/mol. The molecule has 0 saturated carbocycles. The van der Waals surface area contributed by atoms with Crippen molar-refractivity contribution in [3.8, 4) is 0 Å². The average molecular weight is 418 g/mol. The summed E-state index contributed by atoms with van der Waals surface area (Å²) in [5, 5.41) is 4.17. The van der Waals surface area contributed by atoms with Crippen molar-refractivity contribution < 1.29 is 9.59 Å². The summed E-state index contributed by atoms with van der Waals surface area (Å²) >= 11 is 0. The van der Waals surface area contributed by atoms with Crippen LogP contribution < -0.4 is 5.32 Å². The second kappa shape index (κ2) is 9.38. The lowest BCUT2D eigenvalue weighted by molar-refractivity contribution is -0.122. The molecule has 0 radical (unpaired) electrons. The largest absolute Gasteiger partial charge is 0.361 e. The van der Waals surface area contributed by atoms with Crippen LogP contribution in [0.3, 0.4) is 0 Å². The van der Waals surface area contributed by atoms with Crippen molar-refractivity contribution in [1.29, 1.82) is 0 Å². The van der Waals surface area contributed by atoms with Crippen LogP contribution in [0.1, 0.15) is 73.5 Å². The van der Waals surface area contributed by atoms with Gasteiger partial charge in [0.25, 0.3) is 5.91 Å². The molecule has 2 aromatic carbocycles. The van der Waals surface area contributed by atoms with Crippen molar-refractivity contribution in [3.63, 3.8) is 0 Å². The van der Waals surface area contributed by atoms with Gasteiger partial charge in [-0.2, -0.15) is 0 Å². The number of aromatic nitrogens is 1. The molecule has 0 spiro atoms. The van der Waals surface area contributed by atoms with Gasteiger partial charge in [-0.1, -0.05) is 69.0 Å². The normalized spacial score (nSPS) is 16.5. The highest BCUT2D eigenvalue weighted by Crippen LogP contribution is 2.40. The Bertz CT molecular complexity index is 1070. The molecule has 0 aliphatic carbocycles. The summed E-state index contributed by atoms with van der Waals surface area (Å²) in [7, 11) is 0. The Morgan fingerprint density at radius 1 is 1.06 bits per heavy atom. The van der Waals surface area contributed by atoms with Gasteiger partial charge in [0.15, 0.2) is 0 Å². The van der Waals surface area contributed by atoms with Crippen LogP contribution >= 0.6 is 0 Å². The highest BCUT2D eigenvalue weighted by Gasteiger charge is 2.39. The minimum Gasteiger partial charge on any atom is -0.361 e. The standard InChI is InChI=1S/C26H31N3O2/c1-3-4-5-6-11-18(2)28-24(30)17-29-25(20-13-7-8-14-21(20)26(29)31)22-16-27-23-15-10-9-12-19(22)23/h7-10,12-16,18,25,27H,3-6,11,17H2,1-2H3,(H,28,30)/t18-,25-/m1/s1. The number of carbonyl (C=O) groups is 2. The number of amides is 2. The Balaban J connectivity index is 1.55. The van der Waals surface area contributed by atoms with E-state index in [-0.39, 0.29) is 30.4 Å². The van der Waals surface area contributed by atoms with Crippen LogP contribution in [0.4, 0.5) is 0 Å². The first kappa shape index (κ1) is 21.2. The Hall–Kier alpha value is -3.08. The summed E-state index contributed by atoms with van der Waals surface area (Å²) in [6.45, 7) is 4.29. The molecule has 1 aliphatic heterocycles. The van der Waals surface area contributed by atoms with Crippen LogP contribution in [-0.4, -0.2) is 34.3 Å². The summed E-state index contributed by atoms with van der Waals surface area (Å²) in [6.07, 6.45) is 7.67. The molecule has 0 fully saturated rings. The van der Waals surface area contributed by atoms with Crippen molar-refractivity contribution >= 4 is 22.7 Å². The Kier molecular flexibility index (Phi) is 6.40. The lowest BCUT2D eigenvalue weighted by atomic mass is 9.97. The number of hydrogen-bond donors (Lipinski definition) is 2. The Morgan fingerprint density at radius 2 is 1.84 bits per heavy atom. The average Bonchev–Trinajstić information content (AvgIpc) is 3.31. The number of benzene rings is 2. The third-order valence-corrected chi connectivity index (χ3v) is 6.19. The molecule has 5 heteroatoms. The van der Waals surface area contributed by atoms with Gasteiger partial charge in [-0.3, -0.25) is 9.59 Å². The number of H-pyrrole nitrogens is 1. The van der Waals surface area contributed by atoms with E-state index in [2.05, 4.69) is 23.3 Å². The predicted octanol–water partition coefficient (Wildman–Crippen LogP) is 5.19. The van der Waals surface area contributed by atoms with E-state index in [9.17, 15) is 9.59 Å². The molecule has 0 unspecified atom stereocenters. The number of nitrogens with one attached hydrogen (secondary N) is 2. The molecule has 2 amide bonds. The van der Waals surface area contributed by atoms with Crippen LogP contribution in [0.5, 0.6) is 0 Å². The van der Waals surface area contributed by atoms with Crippen molar-refractivity contribution in [2.75, 3.05) is 6.54 Å². The number of unbranched alkanes of at least 4 members (excludes halogenated alkanes) is 3. The maximum Gasteiger partial charge on any atom is 0.255 e. The van der Waals surface area contributed by atoms with Crippen LogP contribution in [0.2, 0.25) is 0 Å². The molecule has 31 heavy (non-hydrogen) atoms. The fourth-order valence-corrected chi connectivity index (χ4v) is 4.61. The van der Waals surface area contributed by atoms with Gasteiger partial charge in [0, 0.05) is 34.3 Å². The number of nitrogens with zero attached hydrogens (tertiary/aromatic N) is 1. The zero-order valence-electron chi connectivity index (χ0n) is 18.4. The van der Waals surface area contributed by atoms with Gasteiger partial charge in [-0.25, -0.2) is 0 Å². The SMILES string of the molecule is CCCCCC[C@@H](C)NC(=O)CN1C(=O)c2ccccc2[C@@H]1c1c[nH]c2ccccc12. The third-order valence-electron chi connectivity index (χ3n) is 6.19. The minimum atomic E-state index is -0.273. The number of para-hydroxylation sites is 1. The molecule has 2 atom stereocenters. The summed E-state index contributed by atoms with van der Waals surface area (Å²) in [5.41, 5.74) is 3.68. The monoisotopic (exact) mass is 417 g/mol. The molecule has 5 nitrogen and oxygen atoms in total. The minimum absolute atomic E-state index is 0.0526. The van der Waals surface area contributed by atoms with Gasteiger partial charge in [-0.15, -0.1) is 0 Å². The third kappa shape index (κ3) is 4.36. The van der Waals surface area contributed by atoms with Gasteiger partial charge >= 0.3 is 0 Å². The van der Waals surface area contributed by atoms with E-state index in [1.54, 1.807) is 4.90 Å². The maximum absolute atomic E-state index is 13.2. The van der Waals surface area contributed by atoms with Gasteiger partial charge in [0.05, 0.1) is 6.04 Å². The quantitative estimate of drug-likeness (QED) is 0.471. The fourth-order valence-electron chi connectivity index (χ4n) is 4.61. The number of aromatic amines is 1. The first-order valence-corrected chi connectivity index (χ1v) is 11.4. The fraction of sp³-hybridized carbons (Fsp3) is 0.385. The van der Waals surface area contributed by atoms with E-state index >= 15 is 0 Å². The lowest BCUT2D eigenvalue weighted by Crippen LogP contribution is -2.42. The number of rotatable bonds is 9. The van der Waals surface area contributed by atoms with Crippen molar-refractivity contribution in [2.24, 2.45) is 0 Å². The summed E-state index contributed by atoms with van der Waals surface area (Å²) in [5.74, 6) is -0.189. The molecule has 1 aliphatic rings. The van der Waals surface area contributed by atoms with E-state index in [4.69, 9.17) is 0 Å². The first-order valence-electron chi connectivity index (χ1n) is 11.4. The summed E-state index contributed by atoms with van der Waals surface area (Å²) < 4.78 is 0. The zero-order chi connectivity index (χ0) is 21.8. The lowest BCUT2D eigenvalue weighted by Gasteiger charge is -2.26. The molecule has 2 N–H and O–H groups in total. The first-order chi connectivity index (χ1) is 15.1. The number of fused-ring (bicyclic) bond motifs is 2. The van der Waals surface area contributed by atoms with E-state index in [0.717, 1.165) is 34.9 Å². The number of carbonyl (C=O) groups excluding carboxylic acids is 2. The molecule has 0 bridgehead atoms. The van der Waals surface area contributed by atoms with Gasteiger partial charge in [0.2, 0.25) is 5.91 Å². The predicted molar refractivity (Wildman–Crippen MR) is 124 cm³/mol. The molecular formula is C26H31N3O2. The van der Waals surface area contributed by atoms with E-state index in [1.165, 1.54) is 19.3 Å². The molecule has 4 rings (SSSR count). The highest BCUT2D eigenvalue weighted by atomic mass is 16.2. The van der Waals surface area contributed by atoms with Crippen molar-refractivity contribution in [3.05, 3.63) is 71.4 Å². The van der Waals surface area contributed by atoms with Gasteiger partial charge in [-0.05, 0) is 31.0 Å². The molecule has 1 aromatic heterocycles. The zero-order valence-corrected chi connectivity index (χ0v) is 18.4. The van der Waals surface area contributed by atoms with Crippen LogP contribution in [0.25, 0.3) is 10.9 Å². The Labute approximate surface area is 183 Å². The second-order valence-corrected chi connectivity index (χ2v) is 8.53. The van der Waals surface area contributed by atoms with Gasteiger partial charge in [0.1, 0.15) is 6.54 Å². The highest BCUT2D eigenvalue weighted by molar-refractivity contribution is 6.02. The van der Waals surface area contributed by atoms with E-state index in [1.807, 2.05) is 55.6 Å². The topological polar surface area (TPSA) is 65.2 Å². The van der Waals surface area contributed by atoms with Crippen LogP contribution in [0.15, 0.2) is 54.7 Å². The van der Waals surface area contributed by atoms with E-state index in [0.29, 0.717) is 5.56 Å². The molecule has 0 saturated heterocycles. The maximum atomic E-state index is 13.2. The Morgan fingerprint density at radius 3 is 2.68 bits per heavy atom. The molecule has 3 aromatic rings. The second-order valence-electron chi connectivity index (χ2n) is 8.53. The van der Waals surface area contributed by atoms with Crippen LogP contribution in [-0.2, 0) is 4.79 Å². The molecule has 2 heterocycles. The van der Waals surface area contributed by atoms with E-state index < -0.39 is 0 Å². The molecule has 162 valence electrons. The van der Waals surface area contributed by atoms with Crippen molar-refractivity contribution in [1.82, 2.24) is 15.2 Å². The van der Waals surface area contributed by atoms with Crippen molar-refractivity contribution in [2.45, 2.75) is 58.0 Å².